The van der Waals surface area contributed by atoms with E-state index in [9.17, 15) is 22.8 Å². The molecule has 0 aliphatic carbocycles. The average Bonchev–Trinajstić information content (AvgIpc) is 2.95. The second-order valence-corrected chi connectivity index (χ2v) is 5.19. The highest BCUT2D eigenvalue weighted by atomic mass is 19.4. The van der Waals surface area contributed by atoms with Gasteiger partial charge in [-0.05, 0) is 18.2 Å². The number of rotatable bonds is 4. The van der Waals surface area contributed by atoms with Crippen molar-refractivity contribution in [3.05, 3.63) is 47.8 Å². The van der Waals surface area contributed by atoms with Crippen molar-refractivity contribution in [3.8, 4) is 0 Å². The lowest BCUT2D eigenvalue weighted by Gasteiger charge is -2.14. The van der Waals surface area contributed by atoms with Gasteiger partial charge >= 0.3 is 6.18 Å². The molecule has 9 heteroatoms. The first kappa shape index (κ1) is 17.5. The van der Waals surface area contributed by atoms with Gasteiger partial charge in [-0.3, -0.25) is 14.3 Å². The lowest BCUT2D eigenvalue weighted by molar-refractivity contribution is -0.141. The number of carbonyl (C=O) groups is 2. The molecule has 2 aromatic rings. The minimum absolute atomic E-state index is 0.282. The fourth-order valence-corrected chi connectivity index (χ4v) is 1.96. The standard InChI is InChI=1S/C15H15F3N4O2/c1-21(2)14(24)10-5-3-4-6-11(10)19-13(23)9-22-8-7-12(20-22)15(16,17)18/h3-8H,9H2,1-2H3,(H,19,23). The molecule has 1 aromatic heterocycles. The predicted octanol–water partition coefficient (Wildman–Crippen LogP) is 2.24. The Balaban J connectivity index is 2.11. The molecule has 0 saturated heterocycles. The van der Waals surface area contributed by atoms with Crippen molar-refractivity contribution >= 4 is 17.5 Å². The highest BCUT2D eigenvalue weighted by Gasteiger charge is 2.33. The summed E-state index contributed by atoms with van der Waals surface area (Å²) in [7, 11) is 3.15. The van der Waals surface area contributed by atoms with E-state index in [1.807, 2.05) is 0 Å². The van der Waals surface area contributed by atoms with Gasteiger partial charge in [0.25, 0.3) is 5.91 Å². The third kappa shape index (κ3) is 4.12. The molecular formula is C15H15F3N4O2. The topological polar surface area (TPSA) is 67.2 Å². The van der Waals surface area contributed by atoms with Gasteiger partial charge in [-0.25, -0.2) is 0 Å². The molecule has 0 unspecified atom stereocenters. The third-order valence-corrected chi connectivity index (χ3v) is 3.07. The third-order valence-electron chi connectivity index (χ3n) is 3.07. The van der Waals surface area contributed by atoms with Crippen LogP contribution in [0.25, 0.3) is 0 Å². The molecule has 1 N–H and O–H groups in total. The highest BCUT2D eigenvalue weighted by Crippen LogP contribution is 2.27. The van der Waals surface area contributed by atoms with Gasteiger partial charge in [0.15, 0.2) is 5.69 Å². The second kappa shape index (κ2) is 6.73. The molecule has 1 heterocycles. The van der Waals surface area contributed by atoms with Crippen molar-refractivity contribution in [2.24, 2.45) is 0 Å². The lowest BCUT2D eigenvalue weighted by atomic mass is 10.1. The fourth-order valence-electron chi connectivity index (χ4n) is 1.96. The number of benzene rings is 1. The van der Waals surface area contributed by atoms with Gasteiger partial charge in [0.1, 0.15) is 6.54 Å². The van der Waals surface area contributed by atoms with E-state index in [0.717, 1.165) is 16.9 Å². The molecule has 0 fully saturated rings. The zero-order chi connectivity index (χ0) is 17.9. The molecule has 2 rings (SSSR count). The summed E-state index contributed by atoms with van der Waals surface area (Å²) >= 11 is 0. The zero-order valence-electron chi connectivity index (χ0n) is 13.0. The van der Waals surface area contributed by atoms with Gasteiger partial charge in [-0.15, -0.1) is 0 Å². The minimum Gasteiger partial charge on any atom is -0.345 e. The molecule has 2 amide bonds. The van der Waals surface area contributed by atoms with Crippen LogP contribution in [0.5, 0.6) is 0 Å². The largest absolute Gasteiger partial charge is 0.435 e. The first-order valence-corrected chi connectivity index (χ1v) is 6.89. The van der Waals surface area contributed by atoms with Crippen LogP contribution >= 0.6 is 0 Å². The van der Waals surface area contributed by atoms with Gasteiger partial charge in [0.05, 0.1) is 11.3 Å². The summed E-state index contributed by atoms with van der Waals surface area (Å²) in [5.74, 6) is -0.893. The Hall–Kier alpha value is -2.84. The number of hydrogen-bond donors (Lipinski definition) is 1. The number of halogens is 3. The van der Waals surface area contributed by atoms with Crippen molar-refractivity contribution in [2.75, 3.05) is 19.4 Å². The number of anilines is 1. The summed E-state index contributed by atoms with van der Waals surface area (Å²) in [6.45, 7) is -0.402. The number of nitrogens with zero attached hydrogens (tertiary/aromatic N) is 3. The number of nitrogens with one attached hydrogen (secondary N) is 1. The Labute approximate surface area is 135 Å². The van der Waals surface area contributed by atoms with Crippen LogP contribution in [-0.2, 0) is 17.5 Å². The minimum atomic E-state index is -4.56. The Kier molecular flexibility index (Phi) is 4.91. The Morgan fingerprint density at radius 1 is 1.21 bits per heavy atom. The van der Waals surface area contributed by atoms with E-state index in [1.165, 1.54) is 4.90 Å². The fraction of sp³-hybridized carbons (Fsp3) is 0.267. The molecule has 6 nitrogen and oxygen atoms in total. The second-order valence-electron chi connectivity index (χ2n) is 5.19. The number of alkyl halides is 3. The van der Waals surface area contributed by atoms with E-state index >= 15 is 0 Å². The van der Waals surface area contributed by atoms with E-state index in [-0.39, 0.29) is 17.2 Å². The van der Waals surface area contributed by atoms with Crippen LogP contribution in [-0.4, -0.2) is 40.6 Å². The maximum atomic E-state index is 12.5. The van der Waals surface area contributed by atoms with Crippen molar-refractivity contribution < 1.29 is 22.8 Å². The number of aromatic nitrogens is 2. The van der Waals surface area contributed by atoms with Gasteiger partial charge in [-0.2, -0.15) is 18.3 Å². The maximum Gasteiger partial charge on any atom is 0.435 e. The maximum absolute atomic E-state index is 12.5. The molecule has 1 aromatic carbocycles. The number of amides is 2. The summed E-state index contributed by atoms with van der Waals surface area (Å²) in [4.78, 5) is 25.4. The van der Waals surface area contributed by atoms with E-state index in [0.29, 0.717) is 0 Å². The molecule has 0 atom stereocenters. The van der Waals surface area contributed by atoms with Crippen LogP contribution < -0.4 is 5.32 Å². The summed E-state index contributed by atoms with van der Waals surface area (Å²) in [6.07, 6.45) is -3.49. The van der Waals surface area contributed by atoms with E-state index < -0.39 is 24.3 Å². The summed E-state index contributed by atoms with van der Waals surface area (Å²) in [5, 5.41) is 5.82. The van der Waals surface area contributed by atoms with Crippen molar-refractivity contribution in [1.82, 2.24) is 14.7 Å². The number of carbonyl (C=O) groups excluding carboxylic acids is 2. The molecule has 0 aliphatic heterocycles. The molecule has 24 heavy (non-hydrogen) atoms. The predicted molar refractivity (Wildman–Crippen MR) is 80.3 cm³/mol. The van der Waals surface area contributed by atoms with Crippen LogP contribution in [0.2, 0.25) is 0 Å². The molecule has 0 radical (unpaired) electrons. The van der Waals surface area contributed by atoms with Crippen molar-refractivity contribution in [3.63, 3.8) is 0 Å². The van der Waals surface area contributed by atoms with Gasteiger partial charge in [0.2, 0.25) is 5.91 Å². The van der Waals surface area contributed by atoms with E-state index in [4.69, 9.17) is 0 Å². The number of hydrogen-bond acceptors (Lipinski definition) is 3. The van der Waals surface area contributed by atoms with Gasteiger partial charge in [0, 0.05) is 20.3 Å². The molecule has 0 saturated carbocycles. The Bertz CT molecular complexity index is 753. The molecule has 0 bridgehead atoms. The zero-order valence-corrected chi connectivity index (χ0v) is 13.0. The van der Waals surface area contributed by atoms with Crippen LogP contribution in [0.4, 0.5) is 18.9 Å². The monoisotopic (exact) mass is 340 g/mol. The molecule has 128 valence electrons. The van der Waals surface area contributed by atoms with Crippen LogP contribution in [0.1, 0.15) is 16.1 Å². The number of para-hydroxylation sites is 1. The normalized spacial score (nSPS) is 11.2. The van der Waals surface area contributed by atoms with Gasteiger partial charge < -0.3 is 10.2 Å². The average molecular weight is 340 g/mol. The summed E-state index contributed by atoms with van der Waals surface area (Å²) in [5.41, 5.74) is -0.504. The van der Waals surface area contributed by atoms with Crippen LogP contribution in [0.15, 0.2) is 36.5 Å². The van der Waals surface area contributed by atoms with E-state index in [1.54, 1.807) is 38.4 Å². The van der Waals surface area contributed by atoms with Gasteiger partial charge in [-0.1, -0.05) is 12.1 Å². The first-order chi connectivity index (χ1) is 11.2. The van der Waals surface area contributed by atoms with Crippen LogP contribution in [0, 0.1) is 0 Å². The van der Waals surface area contributed by atoms with Crippen LogP contribution in [0.3, 0.4) is 0 Å². The Morgan fingerprint density at radius 3 is 2.46 bits per heavy atom. The summed E-state index contributed by atoms with van der Waals surface area (Å²) in [6, 6.07) is 7.16. The lowest BCUT2D eigenvalue weighted by Crippen LogP contribution is -2.25. The van der Waals surface area contributed by atoms with E-state index in [2.05, 4.69) is 10.4 Å². The highest BCUT2D eigenvalue weighted by molar-refractivity contribution is 6.03. The molecular weight excluding hydrogens is 325 g/mol. The summed E-state index contributed by atoms with van der Waals surface area (Å²) < 4.78 is 38.3. The quantitative estimate of drug-likeness (QED) is 0.928. The Morgan fingerprint density at radius 2 is 1.88 bits per heavy atom. The first-order valence-electron chi connectivity index (χ1n) is 6.89. The van der Waals surface area contributed by atoms with Crippen molar-refractivity contribution in [2.45, 2.75) is 12.7 Å². The SMILES string of the molecule is CN(C)C(=O)c1ccccc1NC(=O)Cn1ccc(C(F)(F)F)n1. The smallest absolute Gasteiger partial charge is 0.345 e. The molecule has 0 aliphatic rings. The van der Waals surface area contributed by atoms with Crippen molar-refractivity contribution in [1.29, 1.82) is 0 Å². The molecule has 0 spiro atoms.